The Morgan fingerprint density at radius 3 is 2.86 bits per heavy atom. The molecule has 0 saturated heterocycles. The van der Waals surface area contributed by atoms with Crippen LogP contribution in [0.25, 0.3) is 0 Å². The normalized spacial score (nSPS) is 10.2. The minimum atomic E-state index is -0.405. The molecule has 0 radical (unpaired) electrons. The van der Waals surface area contributed by atoms with E-state index in [1.54, 1.807) is 18.3 Å². The van der Waals surface area contributed by atoms with Gasteiger partial charge in [0.25, 0.3) is 5.91 Å². The Balaban J connectivity index is 1.83. The van der Waals surface area contributed by atoms with E-state index in [1.165, 1.54) is 18.2 Å². The highest BCUT2D eigenvalue weighted by Crippen LogP contribution is 2.11. The first-order valence-electron chi connectivity index (χ1n) is 6.45. The average molecular weight is 289 g/mol. The van der Waals surface area contributed by atoms with E-state index in [-0.39, 0.29) is 12.5 Å². The summed E-state index contributed by atoms with van der Waals surface area (Å²) in [6.45, 7) is 0.504. The van der Waals surface area contributed by atoms with Gasteiger partial charge in [-0.2, -0.15) is 0 Å². The van der Waals surface area contributed by atoms with Crippen LogP contribution in [0.3, 0.4) is 0 Å². The molecule has 0 aliphatic heterocycles. The van der Waals surface area contributed by atoms with Crippen LogP contribution in [0.15, 0.2) is 42.6 Å². The fourth-order valence-electron chi connectivity index (χ4n) is 1.69. The molecular weight excluding hydrogens is 273 g/mol. The van der Waals surface area contributed by atoms with Crippen LogP contribution < -0.4 is 15.4 Å². The van der Waals surface area contributed by atoms with Crippen LogP contribution in [0.5, 0.6) is 5.75 Å². The van der Waals surface area contributed by atoms with Crippen molar-refractivity contribution in [1.82, 2.24) is 10.3 Å². The summed E-state index contributed by atoms with van der Waals surface area (Å²) in [6, 6.07) is 9.24. The van der Waals surface area contributed by atoms with E-state index in [4.69, 9.17) is 4.74 Å². The molecule has 6 heteroatoms. The maximum Gasteiger partial charge on any atom is 0.262 e. The summed E-state index contributed by atoms with van der Waals surface area (Å²) < 4.78 is 18.3. The van der Waals surface area contributed by atoms with Gasteiger partial charge in [-0.25, -0.2) is 4.39 Å². The molecule has 0 bridgehead atoms. The Morgan fingerprint density at radius 1 is 1.33 bits per heavy atom. The summed E-state index contributed by atoms with van der Waals surface area (Å²) in [5, 5.41) is 5.54. The molecule has 0 fully saturated rings. The maximum atomic E-state index is 13.0. The number of rotatable bonds is 6. The third kappa shape index (κ3) is 4.85. The molecule has 0 saturated carbocycles. The first kappa shape index (κ1) is 14.9. The van der Waals surface area contributed by atoms with Gasteiger partial charge in [-0.05, 0) is 37.4 Å². The van der Waals surface area contributed by atoms with Crippen molar-refractivity contribution >= 4 is 11.6 Å². The highest BCUT2D eigenvalue weighted by atomic mass is 19.1. The number of nitrogens with one attached hydrogen (secondary N) is 2. The predicted molar refractivity (Wildman–Crippen MR) is 77.5 cm³/mol. The fourth-order valence-corrected chi connectivity index (χ4v) is 1.69. The summed E-state index contributed by atoms with van der Waals surface area (Å²) in [7, 11) is 1.84. The second-order valence-electron chi connectivity index (χ2n) is 4.36. The lowest BCUT2D eigenvalue weighted by molar-refractivity contribution is -0.118. The van der Waals surface area contributed by atoms with E-state index in [1.807, 2.05) is 13.1 Å². The van der Waals surface area contributed by atoms with Crippen molar-refractivity contribution in [2.24, 2.45) is 0 Å². The van der Waals surface area contributed by atoms with Crippen LogP contribution in [0.2, 0.25) is 0 Å². The number of pyridine rings is 1. The second kappa shape index (κ2) is 7.35. The second-order valence-corrected chi connectivity index (χ2v) is 4.36. The number of amides is 1. The number of aromatic nitrogens is 1. The number of carbonyl (C=O) groups excluding carboxylic acids is 1. The van der Waals surface area contributed by atoms with Gasteiger partial charge in [0.05, 0.1) is 11.9 Å². The Labute approximate surface area is 122 Å². The van der Waals surface area contributed by atoms with Crippen molar-refractivity contribution in [3.63, 3.8) is 0 Å². The lowest BCUT2D eigenvalue weighted by atomic mass is 10.3. The van der Waals surface area contributed by atoms with E-state index in [2.05, 4.69) is 15.6 Å². The van der Waals surface area contributed by atoms with Crippen LogP contribution in [0, 0.1) is 5.82 Å². The van der Waals surface area contributed by atoms with Crippen LogP contribution in [-0.2, 0) is 11.3 Å². The van der Waals surface area contributed by atoms with Crippen LogP contribution >= 0.6 is 0 Å². The van der Waals surface area contributed by atoms with Gasteiger partial charge >= 0.3 is 0 Å². The lowest BCUT2D eigenvalue weighted by Crippen LogP contribution is -2.20. The zero-order chi connectivity index (χ0) is 15.1. The summed E-state index contributed by atoms with van der Waals surface area (Å²) in [4.78, 5) is 15.9. The maximum absolute atomic E-state index is 13.0. The molecule has 0 spiro atoms. The SMILES string of the molecule is CNCc1ccc(OCC(=O)Nc2cccc(F)c2)cn1. The molecule has 5 nitrogen and oxygen atoms in total. The molecular formula is C15H16FN3O2. The third-order valence-corrected chi connectivity index (χ3v) is 2.63. The van der Waals surface area contributed by atoms with E-state index >= 15 is 0 Å². The minimum absolute atomic E-state index is 0.163. The van der Waals surface area contributed by atoms with Crippen LogP contribution in [0.4, 0.5) is 10.1 Å². The molecule has 0 atom stereocenters. The highest BCUT2D eigenvalue weighted by molar-refractivity contribution is 5.91. The third-order valence-electron chi connectivity index (χ3n) is 2.63. The molecule has 0 aliphatic rings. The molecule has 0 aliphatic carbocycles. The van der Waals surface area contributed by atoms with Crippen LogP contribution in [0.1, 0.15) is 5.69 Å². The van der Waals surface area contributed by atoms with Crippen molar-refractivity contribution in [1.29, 1.82) is 0 Å². The Bertz CT molecular complexity index is 602. The molecule has 1 aromatic carbocycles. The standard InChI is InChI=1S/C15H16FN3O2/c1-17-8-13-5-6-14(9-18-13)21-10-15(20)19-12-4-2-3-11(16)7-12/h2-7,9,17H,8,10H2,1H3,(H,19,20). The Hall–Kier alpha value is -2.47. The van der Waals surface area contributed by atoms with E-state index in [9.17, 15) is 9.18 Å². The number of nitrogens with zero attached hydrogens (tertiary/aromatic N) is 1. The average Bonchev–Trinajstić information content (AvgIpc) is 2.47. The monoisotopic (exact) mass is 289 g/mol. The Morgan fingerprint density at radius 2 is 2.19 bits per heavy atom. The van der Waals surface area contributed by atoms with Gasteiger partial charge in [0.2, 0.25) is 0 Å². The van der Waals surface area contributed by atoms with Gasteiger partial charge in [0, 0.05) is 12.2 Å². The van der Waals surface area contributed by atoms with E-state index in [0.29, 0.717) is 18.0 Å². The largest absolute Gasteiger partial charge is 0.482 e. The quantitative estimate of drug-likeness (QED) is 0.853. The Kier molecular flexibility index (Phi) is 5.22. The first-order chi connectivity index (χ1) is 10.2. The van der Waals surface area contributed by atoms with Gasteiger partial charge in [-0.3, -0.25) is 9.78 Å². The number of hydrogen-bond donors (Lipinski definition) is 2. The topological polar surface area (TPSA) is 63.2 Å². The van der Waals surface area contributed by atoms with Crippen molar-refractivity contribution in [2.75, 3.05) is 19.0 Å². The summed E-state index contributed by atoms with van der Waals surface area (Å²) >= 11 is 0. The molecule has 1 heterocycles. The van der Waals surface area contributed by atoms with Gasteiger partial charge < -0.3 is 15.4 Å². The number of halogens is 1. The molecule has 21 heavy (non-hydrogen) atoms. The van der Waals surface area contributed by atoms with Gasteiger partial charge in [-0.15, -0.1) is 0 Å². The predicted octanol–water partition coefficient (Wildman–Crippen LogP) is 1.96. The fraction of sp³-hybridized carbons (Fsp3) is 0.200. The number of hydrogen-bond acceptors (Lipinski definition) is 4. The summed E-state index contributed by atoms with van der Waals surface area (Å²) in [6.07, 6.45) is 1.56. The van der Waals surface area contributed by atoms with Crippen molar-refractivity contribution in [3.05, 3.63) is 54.1 Å². The van der Waals surface area contributed by atoms with Crippen molar-refractivity contribution in [3.8, 4) is 5.75 Å². The molecule has 110 valence electrons. The number of carbonyl (C=O) groups is 1. The number of anilines is 1. The molecule has 2 aromatic rings. The van der Waals surface area contributed by atoms with Crippen molar-refractivity contribution < 1.29 is 13.9 Å². The summed E-state index contributed by atoms with van der Waals surface area (Å²) in [5.74, 6) is -0.262. The van der Waals surface area contributed by atoms with Gasteiger partial charge in [-0.1, -0.05) is 6.07 Å². The zero-order valence-corrected chi connectivity index (χ0v) is 11.6. The summed E-state index contributed by atoms with van der Waals surface area (Å²) in [5.41, 5.74) is 1.28. The minimum Gasteiger partial charge on any atom is -0.482 e. The highest BCUT2D eigenvalue weighted by Gasteiger charge is 2.05. The van der Waals surface area contributed by atoms with Crippen molar-refractivity contribution in [2.45, 2.75) is 6.54 Å². The molecule has 0 unspecified atom stereocenters. The van der Waals surface area contributed by atoms with Crippen LogP contribution in [-0.4, -0.2) is 24.5 Å². The molecule has 2 N–H and O–H groups in total. The van der Waals surface area contributed by atoms with E-state index in [0.717, 1.165) is 5.69 Å². The molecule has 1 amide bonds. The van der Waals surface area contributed by atoms with Gasteiger partial charge in [0.1, 0.15) is 11.6 Å². The molecule has 2 rings (SSSR count). The van der Waals surface area contributed by atoms with E-state index < -0.39 is 5.82 Å². The molecule has 1 aromatic heterocycles. The smallest absolute Gasteiger partial charge is 0.262 e. The van der Waals surface area contributed by atoms with Gasteiger partial charge in [0.15, 0.2) is 6.61 Å². The number of benzene rings is 1. The first-order valence-corrected chi connectivity index (χ1v) is 6.45. The lowest BCUT2D eigenvalue weighted by Gasteiger charge is -2.08. The zero-order valence-electron chi connectivity index (χ0n) is 11.6. The number of ether oxygens (including phenoxy) is 1.